The van der Waals surface area contributed by atoms with Crippen molar-refractivity contribution in [1.29, 1.82) is 5.26 Å². The van der Waals surface area contributed by atoms with Crippen LogP contribution in [0.2, 0.25) is 0 Å². The third-order valence-electron chi connectivity index (χ3n) is 7.99. The number of carbonyl (C=O) groups is 2. The number of amides is 1. The second-order valence-corrected chi connectivity index (χ2v) is 10.8. The molecule has 0 bridgehead atoms. The van der Waals surface area contributed by atoms with Gasteiger partial charge in [-0.25, -0.2) is 0 Å². The minimum atomic E-state index is -0.264. The first-order chi connectivity index (χ1) is 21.1. The Hall–Kier alpha value is -4.89. The fraction of sp³-hybridized carbons (Fsp3) is 0.270. The number of hydrogen-bond donors (Lipinski definition) is 0. The van der Waals surface area contributed by atoms with E-state index in [9.17, 15) is 9.59 Å². The maximum atomic E-state index is 13.4. The molecule has 4 aromatic carbocycles. The maximum absolute atomic E-state index is 13.4. The highest BCUT2D eigenvalue weighted by Gasteiger charge is 2.25. The largest absolute Gasteiger partial charge is 0.465 e. The molecule has 0 saturated heterocycles. The molecule has 6 heteroatoms. The highest BCUT2D eigenvalue weighted by Crippen LogP contribution is 2.34. The summed E-state index contributed by atoms with van der Waals surface area (Å²) in [5, 5.41) is 9.04. The fourth-order valence-corrected chi connectivity index (χ4v) is 5.79. The van der Waals surface area contributed by atoms with Crippen molar-refractivity contribution in [3.8, 4) is 6.07 Å². The van der Waals surface area contributed by atoms with Gasteiger partial charge < -0.3 is 14.5 Å². The van der Waals surface area contributed by atoms with Gasteiger partial charge in [-0.05, 0) is 78.8 Å². The van der Waals surface area contributed by atoms with Gasteiger partial charge in [-0.2, -0.15) is 5.26 Å². The molecule has 0 unspecified atom stereocenters. The molecule has 1 aliphatic rings. The molecule has 1 aliphatic heterocycles. The van der Waals surface area contributed by atoms with Gasteiger partial charge in [0.25, 0.3) is 0 Å². The summed E-state index contributed by atoms with van der Waals surface area (Å²) in [6.07, 6.45) is 2.78. The molecule has 0 radical (unpaired) electrons. The Morgan fingerprint density at radius 3 is 2.23 bits per heavy atom. The first kappa shape index (κ1) is 29.6. The zero-order valence-electron chi connectivity index (χ0n) is 24.6. The van der Waals surface area contributed by atoms with Gasteiger partial charge in [-0.15, -0.1) is 0 Å². The van der Waals surface area contributed by atoms with Crippen LogP contribution in [0.4, 0.5) is 11.4 Å². The average molecular weight is 572 g/mol. The lowest BCUT2D eigenvalue weighted by molar-refractivity contribution is -0.141. The van der Waals surface area contributed by atoms with Crippen molar-refractivity contribution in [1.82, 2.24) is 0 Å². The van der Waals surface area contributed by atoms with Crippen LogP contribution in [-0.4, -0.2) is 38.1 Å². The van der Waals surface area contributed by atoms with E-state index in [1.165, 1.54) is 11.1 Å². The third kappa shape index (κ3) is 7.50. The highest BCUT2D eigenvalue weighted by molar-refractivity contribution is 5.95. The zero-order chi connectivity index (χ0) is 30.0. The number of nitriles is 1. The SMILES string of the molecule is CCOC(=O)CN(CC(c1ccccc1)c1ccccc1)c1ccc2c(c1)CCCN2C(=O)CCc1ccc(C#N)cc1. The Morgan fingerprint density at radius 2 is 1.60 bits per heavy atom. The van der Waals surface area contributed by atoms with E-state index < -0.39 is 0 Å². The Morgan fingerprint density at radius 1 is 0.930 bits per heavy atom. The van der Waals surface area contributed by atoms with Gasteiger partial charge in [-0.3, -0.25) is 9.59 Å². The molecule has 218 valence electrons. The third-order valence-corrected chi connectivity index (χ3v) is 7.99. The second-order valence-electron chi connectivity index (χ2n) is 10.8. The van der Waals surface area contributed by atoms with Gasteiger partial charge in [0.15, 0.2) is 0 Å². The minimum absolute atomic E-state index is 0.0492. The van der Waals surface area contributed by atoms with Crippen LogP contribution in [0.25, 0.3) is 0 Å². The lowest BCUT2D eigenvalue weighted by atomic mass is 9.90. The lowest BCUT2D eigenvalue weighted by Crippen LogP contribution is -2.37. The Bertz CT molecular complexity index is 1520. The summed E-state index contributed by atoms with van der Waals surface area (Å²) in [7, 11) is 0. The summed E-state index contributed by atoms with van der Waals surface area (Å²) in [5.41, 5.74) is 7.01. The van der Waals surface area contributed by atoms with Crippen LogP contribution in [0.5, 0.6) is 0 Å². The van der Waals surface area contributed by atoms with Gasteiger partial charge in [0.1, 0.15) is 6.54 Å². The molecule has 6 nitrogen and oxygen atoms in total. The van der Waals surface area contributed by atoms with Crippen molar-refractivity contribution in [2.75, 3.05) is 36.0 Å². The monoisotopic (exact) mass is 571 g/mol. The highest BCUT2D eigenvalue weighted by atomic mass is 16.5. The van der Waals surface area contributed by atoms with Crippen molar-refractivity contribution in [2.45, 2.75) is 38.5 Å². The number of rotatable bonds is 11. The molecule has 43 heavy (non-hydrogen) atoms. The van der Waals surface area contributed by atoms with Crippen molar-refractivity contribution in [3.63, 3.8) is 0 Å². The smallest absolute Gasteiger partial charge is 0.325 e. The van der Waals surface area contributed by atoms with Gasteiger partial charge in [0.05, 0.1) is 18.2 Å². The number of hydrogen-bond acceptors (Lipinski definition) is 5. The van der Waals surface area contributed by atoms with Crippen LogP contribution in [0.1, 0.15) is 53.5 Å². The van der Waals surface area contributed by atoms with E-state index in [2.05, 4.69) is 41.3 Å². The van der Waals surface area contributed by atoms with Crippen LogP contribution in [0, 0.1) is 11.3 Å². The van der Waals surface area contributed by atoms with E-state index >= 15 is 0 Å². The Labute approximate surface area is 254 Å². The van der Waals surface area contributed by atoms with Gasteiger partial charge in [0.2, 0.25) is 5.91 Å². The van der Waals surface area contributed by atoms with Crippen LogP contribution in [0.15, 0.2) is 103 Å². The van der Waals surface area contributed by atoms with Crippen LogP contribution < -0.4 is 9.80 Å². The maximum Gasteiger partial charge on any atom is 0.325 e. The molecule has 5 rings (SSSR count). The quantitative estimate of drug-likeness (QED) is 0.188. The average Bonchev–Trinajstić information content (AvgIpc) is 3.06. The van der Waals surface area contributed by atoms with E-state index in [1.807, 2.05) is 72.5 Å². The Kier molecular flexibility index (Phi) is 9.86. The molecule has 1 heterocycles. The Balaban J connectivity index is 1.39. The fourth-order valence-electron chi connectivity index (χ4n) is 5.79. The summed E-state index contributed by atoms with van der Waals surface area (Å²) in [6, 6.07) is 36.5. The molecular formula is C37H37N3O3. The molecule has 0 aromatic heterocycles. The summed E-state index contributed by atoms with van der Waals surface area (Å²) in [4.78, 5) is 30.2. The predicted octanol–water partition coefficient (Wildman–Crippen LogP) is 6.67. The summed E-state index contributed by atoms with van der Waals surface area (Å²) >= 11 is 0. The molecule has 4 aromatic rings. The topological polar surface area (TPSA) is 73.6 Å². The van der Waals surface area contributed by atoms with Crippen LogP contribution >= 0.6 is 0 Å². The van der Waals surface area contributed by atoms with Crippen molar-refractivity contribution < 1.29 is 14.3 Å². The van der Waals surface area contributed by atoms with Crippen molar-refractivity contribution >= 4 is 23.3 Å². The molecule has 0 saturated carbocycles. The lowest BCUT2D eigenvalue weighted by Gasteiger charge is -2.33. The van der Waals surface area contributed by atoms with E-state index in [4.69, 9.17) is 10.00 Å². The van der Waals surface area contributed by atoms with Crippen molar-refractivity contribution in [3.05, 3.63) is 131 Å². The number of benzene rings is 4. The second kappa shape index (κ2) is 14.3. The molecule has 0 N–H and O–H groups in total. The molecule has 0 fully saturated rings. The van der Waals surface area contributed by atoms with Crippen LogP contribution in [0.3, 0.4) is 0 Å². The number of esters is 1. The summed E-state index contributed by atoms with van der Waals surface area (Å²) < 4.78 is 5.37. The van der Waals surface area contributed by atoms with E-state index in [0.717, 1.165) is 35.3 Å². The van der Waals surface area contributed by atoms with Gasteiger partial charge >= 0.3 is 5.97 Å². The van der Waals surface area contributed by atoms with Crippen LogP contribution in [-0.2, 0) is 27.2 Å². The minimum Gasteiger partial charge on any atom is -0.465 e. The summed E-state index contributed by atoms with van der Waals surface area (Å²) in [5.74, 6) is -0.123. The standard InChI is InChI=1S/C37H37N3O3/c1-2-43-37(42)27-39(26-34(30-10-5-3-6-11-30)31-12-7-4-8-13-31)33-20-21-35-32(24-33)14-9-23-40(35)36(41)22-19-28-15-17-29(25-38)18-16-28/h3-8,10-13,15-18,20-21,24,34H,2,9,14,19,22-23,26-27H2,1H3. The number of ether oxygens (including phenoxy) is 1. The first-order valence-electron chi connectivity index (χ1n) is 15.0. The summed E-state index contributed by atoms with van der Waals surface area (Å²) in [6.45, 7) is 3.58. The first-order valence-corrected chi connectivity index (χ1v) is 15.0. The number of nitrogens with zero attached hydrogens (tertiary/aromatic N) is 3. The molecule has 0 spiro atoms. The van der Waals surface area contributed by atoms with Crippen molar-refractivity contribution in [2.24, 2.45) is 0 Å². The molecular weight excluding hydrogens is 534 g/mol. The van der Waals surface area contributed by atoms with E-state index in [0.29, 0.717) is 38.1 Å². The normalized spacial score (nSPS) is 12.3. The molecule has 0 aliphatic carbocycles. The number of carbonyl (C=O) groups excluding carboxylic acids is 2. The molecule has 1 amide bonds. The van der Waals surface area contributed by atoms with E-state index in [1.54, 1.807) is 12.1 Å². The zero-order valence-corrected chi connectivity index (χ0v) is 24.6. The predicted molar refractivity (Wildman–Crippen MR) is 170 cm³/mol. The van der Waals surface area contributed by atoms with Gasteiger partial charge in [0, 0.05) is 36.8 Å². The number of anilines is 2. The molecule has 0 atom stereocenters. The number of fused-ring (bicyclic) bond motifs is 1. The number of aryl methyl sites for hydroxylation is 2. The van der Waals surface area contributed by atoms with Gasteiger partial charge in [-0.1, -0.05) is 72.8 Å². The van der Waals surface area contributed by atoms with E-state index in [-0.39, 0.29) is 24.3 Å².